The maximum Gasteiger partial charge on any atom is 0.268 e. The Morgan fingerprint density at radius 2 is 2.32 bits per heavy atom. The third-order valence-corrected chi connectivity index (χ3v) is 5.07. The van der Waals surface area contributed by atoms with E-state index in [0.717, 1.165) is 41.7 Å². The van der Waals surface area contributed by atoms with Gasteiger partial charge in [0.2, 0.25) is 0 Å². The molecule has 2 N–H and O–H groups in total. The molecule has 0 radical (unpaired) electrons. The number of methoxy groups -OCH3 is 1. The summed E-state index contributed by atoms with van der Waals surface area (Å²) in [6.45, 7) is 2.79. The van der Waals surface area contributed by atoms with Crippen molar-refractivity contribution in [3.63, 3.8) is 0 Å². The van der Waals surface area contributed by atoms with E-state index < -0.39 is 0 Å². The molecule has 1 aliphatic heterocycles. The second kappa shape index (κ2) is 5.02. The third kappa shape index (κ3) is 2.00. The lowest BCUT2D eigenvalue weighted by Crippen LogP contribution is -2.53. The minimum atomic E-state index is -0.0250. The van der Waals surface area contributed by atoms with E-state index in [1.807, 2.05) is 25.1 Å². The Morgan fingerprint density at radius 3 is 3.09 bits per heavy atom. The van der Waals surface area contributed by atoms with Crippen molar-refractivity contribution in [1.82, 2.24) is 10.3 Å². The SMILES string of the molecule is COc1ccc2[nH]c(C(=O)N[C@H]3C[C@@H]4OCC[C@H]34)c(C)c2c1. The molecule has 5 nitrogen and oxygen atoms in total. The van der Waals surface area contributed by atoms with Gasteiger partial charge < -0.3 is 19.8 Å². The Bertz CT molecular complexity index is 737. The van der Waals surface area contributed by atoms with Crippen LogP contribution in [0.3, 0.4) is 0 Å². The summed E-state index contributed by atoms with van der Waals surface area (Å²) >= 11 is 0. The molecule has 1 aliphatic carbocycles. The van der Waals surface area contributed by atoms with Gasteiger partial charge in [-0.05, 0) is 43.5 Å². The van der Waals surface area contributed by atoms with Crippen LogP contribution in [0.4, 0.5) is 0 Å². The molecule has 2 aromatic rings. The lowest BCUT2D eigenvalue weighted by Gasteiger charge is -2.39. The number of carbonyl (C=O) groups is 1. The van der Waals surface area contributed by atoms with Crippen LogP contribution in [0.5, 0.6) is 5.75 Å². The molecule has 2 heterocycles. The van der Waals surface area contributed by atoms with Crippen LogP contribution in [0.25, 0.3) is 10.9 Å². The molecule has 1 saturated heterocycles. The fourth-order valence-corrected chi connectivity index (χ4v) is 3.66. The molecule has 116 valence electrons. The molecule has 1 amide bonds. The molecule has 0 bridgehead atoms. The lowest BCUT2D eigenvalue weighted by molar-refractivity contribution is 0.00803. The second-order valence-corrected chi connectivity index (χ2v) is 6.21. The molecule has 1 saturated carbocycles. The first-order valence-electron chi connectivity index (χ1n) is 7.76. The monoisotopic (exact) mass is 300 g/mol. The number of H-pyrrole nitrogens is 1. The van der Waals surface area contributed by atoms with Gasteiger partial charge in [0.05, 0.1) is 13.2 Å². The van der Waals surface area contributed by atoms with Crippen molar-refractivity contribution >= 4 is 16.8 Å². The van der Waals surface area contributed by atoms with E-state index in [-0.39, 0.29) is 11.9 Å². The molecule has 2 fully saturated rings. The molecule has 5 heteroatoms. The zero-order valence-corrected chi connectivity index (χ0v) is 12.8. The van der Waals surface area contributed by atoms with Crippen LogP contribution in [-0.2, 0) is 4.74 Å². The number of fused-ring (bicyclic) bond motifs is 2. The number of aromatic amines is 1. The van der Waals surface area contributed by atoms with Crippen molar-refractivity contribution < 1.29 is 14.3 Å². The smallest absolute Gasteiger partial charge is 0.268 e. The zero-order valence-electron chi connectivity index (χ0n) is 12.8. The fraction of sp³-hybridized carbons (Fsp3) is 0.471. The Hall–Kier alpha value is -2.01. The molecule has 2 aliphatic rings. The van der Waals surface area contributed by atoms with Gasteiger partial charge in [-0.1, -0.05) is 0 Å². The number of aromatic nitrogens is 1. The number of carbonyl (C=O) groups excluding carboxylic acids is 1. The fourth-order valence-electron chi connectivity index (χ4n) is 3.66. The van der Waals surface area contributed by atoms with Crippen molar-refractivity contribution in [2.75, 3.05) is 13.7 Å². The maximum absolute atomic E-state index is 12.6. The van der Waals surface area contributed by atoms with Crippen LogP contribution in [0.1, 0.15) is 28.9 Å². The standard InChI is InChI=1S/C17H20N2O3/c1-9-12-7-10(21-2)3-4-13(12)18-16(9)17(20)19-14-8-15-11(14)5-6-22-15/h3-4,7,11,14-15,18H,5-6,8H2,1-2H3,(H,19,20)/t11-,14+,15+/m1/s1. The first-order chi connectivity index (χ1) is 10.7. The molecule has 0 spiro atoms. The first-order valence-corrected chi connectivity index (χ1v) is 7.76. The number of amides is 1. The summed E-state index contributed by atoms with van der Waals surface area (Å²) in [5, 5.41) is 4.18. The number of hydrogen-bond donors (Lipinski definition) is 2. The number of aryl methyl sites for hydroxylation is 1. The van der Waals surface area contributed by atoms with Gasteiger partial charge in [0.15, 0.2) is 0 Å². The average Bonchev–Trinajstić information content (AvgIpc) is 3.05. The second-order valence-electron chi connectivity index (χ2n) is 6.21. The van der Waals surface area contributed by atoms with E-state index in [9.17, 15) is 4.79 Å². The summed E-state index contributed by atoms with van der Waals surface area (Å²) in [6.07, 6.45) is 2.35. The van der Waals surface area contributed by atoms with Gasteiger partial charge in [-0.2, -0.15) is 0 Å². The quantitative estimate of drug-likeness (QED) is 0.915. The Labute approximate surface area is 129 Å². The van der Waals surface area contributed by atoms with Crippen LogP contribution in [0.15, 0.2) is 18.2 Å². The molecule has 1 aromatic heterocycles. The Morgan fingerprint density at radius 1 is 1.45 bits per heavy atom. The minimum absolute atomic E-state index is 0.0250. The molecule has 4 rings (SSSR count). The predicted molar refractivity (Wildman–Crippen MR) is 83.3 cm³/mol. The van der Waals surface area contributed by atoms with Crippen LogP contribution < -0.4 is 10.1 Å². The highest BCUT2D eigenvalue weighted by Crippen LogP contribution is 2.38. The van der Waals surface area contributed by atoms with Crippen LogP contribution in [0, 0.1) is 12.8 Å². The molecule has 0 unspecified atom stereocenters. The lowest BCUT2D eigenvalue weighted by atomic mass is 9.76. The predicted octanol–water partition coefficient (Wildman–Crippen LogP) is 2.39. The van der Waals surface area contributed by atoms with Crippen molar-refractivity contribution in [1.29, 1.82) is 0 Å². The van der Waals surface area contributed by atoms with Crippen LogP contribution >= 0.6 is 0 Å². The number of hydrogen-bond acceptors (Lipinski definition) is 3. The Kier molecular flexibility index (Phi) is 3.11. The summed E-state index contributed by atoms with van der Waals surface area (Å²) in [7, 11) is 1.65. The highest BCUT2D eigenvalue weighted by Gasteiger charge is 2.45. The summed E-state index contributed by atoms with van der Waals surface area (Å²) in [6, 6.07) is 6.05. The highest BCUT2D eigenvalue weighted by atomic mass is 16.5. The van der Waals surface area contributed by atoms with E-state index in [2.05, 4.69) is 10.3 Å². The van der Waals surface area contributed by atoms with E-state index in [1.165, 1.54) is 0 Å². The maximum atomic E-state index is 12.6. The minimum Gasteiger partial charge on any atom is -0.497 e. The summed E-state index contributed by atoms with van der Waals surface area (Å²) < 4.78 is 10.9. The normalized spacial score (nSPS) is 26.5. The van der Waals surface area contributed by atoms with E-state index in [4.69, 9.17) is 9.47 Å². The molecular formula is C17H20N2O3. The van der Waals surface area contributed by atoms with Crippen molar-refractivity contribution in [3.8, 4) is 5.75 Å². The Balaban J connectivity index is 1.57. The number of benzene rings is 1. The third-order valence-electron chi connectivity index (χ3n) is 5.07. The van der Waals surface area contributed by atoms with Gasteiger partial charge in [-0.25, -0.2) is 0 Å². The molecule has 1 aromatic carbocycles. The van der Waals surface area contributed by atoms with Gasteiger partial charge in [0.25, 0.3) is 5.91 Å². The van der Waals surface area contributed by atoms with Crippen molar-refractivity contribution in [2.24, 2.45) is 5.92 Å². The first kappa shape index (κ1) is 13.6. The van der Waals surface area contributed by atoms with Gasteiger partial charge in [-0.15, -0.1) is 0 Å². The molecule has 3 atom stereocenters. The highest BCUT2D eigenvalue weighted by molar-refractivity contribution is 6.01. The van der Waals surface area contributed by atoms with Gasteiger partial charge in [0, 0.05) is 29.5 Å². The van der Waals surface area contributed by atoms with Gasteiger partial charge in [-0.3, -0.25) is 4.79 Å². The average molecular weight is 300 g/mol. The van der Waals surface area contributed by atoms with Gasteiger partial charge in [0.1, 0.15) is 11.4 Å². The van der Waals surface area contributed by atoms with Crippen molar-refractivity contribution in [2.45, 2.75) is 31.9 Å². The topological polar surface area (TPSA) is 63.4 Å². The van der Waals surface area contributed by atoms with Crippen molar-refractivity contribution in [3.05, 3.63) is 29.5 Å². The zero-order chi connectivity index (χ0) is 15.3. The number of ether oxygens (including phenoxy) is 2. The van der Waals surface area contributed by atoms with E-state index >= 15 is 0 Å². The summed E-state index contributed by atoms with van der Waals surface area (Å²) in [5.41, 5.74) is 2.56. The number of nitrogens with one attached hydrogen (secondary N) is 2. The summed E-state index contributed by atoms with van der Waals surface area (Å²) in [4.78, 5) is 15.8. The molecule has 22 heavy (non-hydrogen) atoms. The van der Waals surface area contributed by atoms with E-state index in [1.54, 1.807) is 7.11 Å². The van der Waals surface area contributed by atoms with Crippen LogP contribution in [0.2, 0.25) is 0 Å². The van der Waals surface area contributed by atoms with Gasteiger partial charge >= 0.3 is 0 Å². The largest absolute Gasteiger partial charge is 0.497 e. The van der Waals surface area contributed by atoms with Crippen LogP contribution in [-0.4, -0.2) is 36.8 Å². The number of rotatable bonds is 3. The van der Waals surface area contributed by atoms with E-state index in [0.29, 0.717) is 17.7 Å². The summed E-state index contributed by atoms with van der Waals surface area (Å²) in [5.74, 6) is 1.27. The molecular weight excluding hydrogens is 280 g/mol.